The van der Waals surface area contributed by atoms with Crippen molar-refractivity contribution in [3.05, 3.63) is 65.0 Å². The van der Waals surface area contributed by atoms with Gasteiger partial charge < -0.3 is 10.0 Å². The molecule has 5 rings (SSSR count). The fraction of sp³-hybridized carbons (Fsp3) is 0.360. The topological polar surface area (TPSA) is 43.6 Å². The van der Waals surface area contributed by atoms with Crippen LogP contribution in [0.1, 0.15) is 31.2 Å². The van der Waals surface area contributed by atoms with Gasteiger partial charge in [0.1, 0.15) is 21.2 Å². The standard InChI is InChI=1S/C25H28N2O2Si/c1-3-30(2)23-16-18(26-12-4-13-26)6-8-21(23)20(10-11-25(28)29)22-9-7-19(17-24(22)30)27-14-5-15-27/h3,6-9,16-17H,1,4-5,10-15H2,2H3/p+1. The van der Waals surface area contributed by atoms with Gasteiger partial charge in [0.05, 0.1) is 6.42 Å². The molecule has 3 aliphatic heterocycles. The van der Waals surface area contributed by atoms with Gasteiger partial charge in [-0.3, -0.25) is 4.79 Å². The summed E-state index contributed by atoms with van der Waals surface area (Å²) >= 11 is 0. The average molecular weight is 418 g/mol. The molecule has 2 fully saturated rings. The first-order valence-electron chi connectivity index (χ1n) is 11.0. The molecule has 1 N–H and O–H groups in total. The molecule has 0 aromatic heterocycles. The van der Waals surface area contributed by atoms with Crippen LogP contribution >= 0.6 is 0 Å². The lowest BCUT2D eigenvalue weighted by molar-refractivity contribution is -0.582. The highest BCUT2D eigenvalue weighted by Crippen LogP contribution is 2.41. The molecule has 1 aromatic carbocycles. The van der Waals surface area contributed by atoms with Crippen LogP contribution in [0.15, 0.2) is 59.5 Å². The number of benzene rings is 1. The third-order valence-electron chi connectivity index (χ3n) is 7.22. The smallest absolute Gasteiger partial charge is 0.303 e. The molecule has 4 aliphatic rings. The van der Waals surface area contributed by atoms with Crippen LogP contribution in [0.25, 0.3) is 5.57 Å². The summed E-state index contributed by atoms with van der Waals surface area (Å²) in [6.45, 7) is 11.2. The number of nitrogens with zero attached hydrogens (tertiary/aromatic N) is 2. The zero-order valence-corrected chi connectivity index (χ0v) is 18.7. The molecule has 5 heteroatoms. The first-order valence-corrected chi connectivity index (χ1v) is 13.6. The molecule has 30 heavy (non-hydrogen) atoms. The molecule has 0 saturated carbocycles. The number of fused-ring (bicyclic) bond motifs is 2. The predicted octanol–water partition coefficient (Wildman–Crippen LogP) is 3.43. The van der Waals surface area contributed by atoms with Crippen LogP contribution in [0.5, 0.6) is 0 Å². The van der Waals surface area contributed by atoms with Crippen molar-refractivity contribution < 1.29 is 14.5 Å². The van der Waals surface area contributed by atoms with E-state index in [1.165, 1.54) is 51.3 Å². The van der Waals surface area contributed by atoms with Gasteiger partial charge in [0.2, 0.25) is 0 Å². The average Bonchev–Trinajstić information content (AvgIpc) is 2.65. The lowest BCUT2D eigenvalue weighted by Crippen LogP contribution is -2.51. The number of carboxylic acid groups (broad SMARTS) is 1. The van der Waals surface area contributed by atoms with E-state index >= 15 is 0 Å². The van der Waals surface area contributed by atoms with Crippen LogP contribution in [-0.4, -0.2) is 55.6 Å². The second kappa shape index (κ2) is 7.24. The van der Waals surface area contributed by atoms with Crippen molar-refractivity contribution in [2.24, 2.45) is 0 Å². The molecular formula is C25H29N2O2Si+. The SMILES string of the molecule is C=C[Si]1(C)C2=CC(=[N+]3CCC3)C=CC2=C(CCC(=O)O)c2ccc(N3CCC3)cc21. The zero-order chi connectivity index (χ0) is 20.9. The Balaban J connectivity index is 1.71. The van der Waals surface area contributed by atoms with Crippen molar-refractivity contribution in [2.45, 2.75) is 32.2 Å². The highest BCUT2D eigenvalue weighted by atomic mass is 28.3. The molecule has 1 aromatic rings. The number of hydrogen-bond acceptors (Lipinski definition) is 2. The van der Waals surface area contributed by atoms with Crippen LogP contribution in [-0.2, 0) is 4.79 Å². The van der Waals surface area contributed by atoms with E-state index in [0.29, 0.717) is 6.42 Å². The van der Waals surface area contributed by atoms with Gasteiger partial charge in [-0.2, -0.15) is 0 Å². The van der Waals surface area contributed by atoms with E-state index in [9.17, 15) is 9.90 Å². The lowest BCUT2D eigenvalue weighted by Gasteiger charge is -2.40. The van der Waals surface area contributed by atoms with Gasteiger partial charge in [-0.1, -0.05) is 18.3 Å². The summed E-state index contributed by atoms with van der Waals surface area (Å²) < 4.78 is 2.43. The Bertz CT molecular complexity index is 1070. The number of rotatable bonds is 5. The Hall–Kier alpha value is -2.66. The van der Waals surface area contributed by atoms with Crippen molar-refractivity contribution in [3.8, 4) is 0 Å². The van der Waals surface area contributed by atoms with Gasteiger partial charge in [-0.05, 0) is 58.1 Å². The van der Waals surface area contributed by atoms with Crippen molar-refractivity contribution in [1.29, 1.82) is 0 Å². The maximum absolute atomic E-state index is 11.4. The van der Waals surface area contributed by atoms with E-state index in [1.807, 2.05) is 0 Å². The minimum Gasteiger partial charge on any atom is -0.481 e. The van der Waals surface area contributed by atoms with Crippen LogP contribution < -0.4 is 10.1 Å². The van der Waals surface area contributed by atoms with E-state index < -0.39 is 14.0 Å². The van der Waals surface area contributed by atoms with Crippen LogP contribution in [0.3, 0.4) is 0 Å². The number of carboxylic acids is 1. The highest BCUT2D eigenvalue weighted by Gasteiger charge is 2.42. The number of hydrogen-bond donors (Lipinski definition) is 1. The van der Waals surface area contributed by atoms with Gasteiger partial charge in [-0.25, -0.2) is 4.58 Å². The molecule has 0 amide bonds. The zero-order valence-electron chi connectivity index (χ0n) is 17.7. The first kappa shape index (κ1) is 19.3. The van der Waals surface area contributed by atoms with E-state index in [-0.39, 0.29) is 6.42 Å². The fourth-order valence-electron chi connectivity index (χ4n) is 5.00. The van der Waals surface area contributed by atoms with E-state index in [0.717, 1.165) is 26.2 Å². The molecule has 1 unspecified atom stereocenters. The molecule has 0 bridgehead atoms. The van der Waals surface area contributed by atoms with E-state index in [4.69, 9.17) is 0 Å². The Morgan fingerprint density at radius 1 is 1.27 bits per heavy atom. The monoisotopic (exact) mass is 417 g/mol. The minimum absolute atomic E-state index is 0.155. The van der Waals surface area contributed by atoms with Crippen molar-refractivity contribution in [1.82, 2.24) is 0 Å². The van der Waals surface area contributed by atoms with E-state index in [1.54, 1.807) is 0 Å². The third-order valence-corrected chi connectivity index (χ3v) is 11.1. The van der Waals surface area contributed by atoms with E-state index in [2.05, 4.69) is 64.7 Å². The Kier molecular flexibility index (Phi) is 4.66. The number of carbonyl (C=O) groups is 1. The summed E-state index contributed by atoms with van der Waals surface area (Å²) in [5.74, 6) is -0.741. The molecule has 2 saturated heterocycles. The molecule has 1 aliphatic carbocycles. The van der Waals surface area contributed by atoms with Crippen LogP contribution in [0.2, 0.25) is 6.55 Å². The normalized spacial score (nSPS) is 24.6. The summed E-state index contributed by atoms with van der Waals surface area (Å²) in [4.78, 5) is 13.8. The van der Waals surface area contributed by atoms with Gasteiger partial charge in [0.15, 0.2) is 5.71 Å². The lowest BCUT2D eigenvalue weighted by atomic mass is 9.91. The molecule has 4 nitrogen and oxygen atoms in total. The number of aliphatic carboxylic acids is 1. The van der Waals surface area contributed by atoms with Crippen molar-refractivity contribution in [2.75, 3.05) is 31.1 Å². The van der Waals surface area contributed by atoms with Gasteiger partial charge in [0, 0.05) is 37.3 Å². The maximum atomic E-state index is 11.4. The largest absolute Gasteiger partial charge is 0.481 e. The molecule has 0 radical (unpaired) electrons. The fourth-order valence-corrected chi connectivity index (χ4v) is 8.22. The quantitative estimate of drug-likeness (QED) is 0.590. The predicted molar refractivity (Wildman–Crippen MR) is 125 cm³/mol. The summed E-state index contributed by atoms with van der Waals surface area (Å²) in [6, 6.07) is 6.83. The number of allylic oxidation sites excluding steroid dienone is 6. The molecule has 1 atom stereocenters. The van der Waals surface area contributed by atoms with Gasteiger partial charge >= 0.3 is 5.97 Å². The maximum Gasteiger partial charge on any atom is 0.303 e. The molecule has 3 heterocycles. The molecular weight excluding hydrogens is 388 g/mol. The summed E-state index contributed by atoms with van der Waals surface area (Å²) in [5, 5.41) is 12.1. The van der Waals surface area contributed by atoms with Crippen LogP contribution in [0, 0.1) is 0 Å². The van der Waals surface area contributed by atoms with Gasteiger partial charge in [0.25, 0.3) is 0 Å². The molecule has 0 spiro atoms. The van der Waals surface area contributed by atoms with Crippen molar-refractivity contribution >= 4 is 36.2 Å². The van der Waals surface area contributed by atoms with Crippen molar-refractivity contribution in [3.63, 3.8) is 0 Å². The Morgan fingerprint density at radius 3 is 2.67 bits per heavy atom. The van der Waals surface area contributed by atoms with Crippen LogP contribution in [0.4, 0.5) is 5.69 Å². The summed E-state index contributed by atoms with van der Waals surface area (Å²) in [7, 11) is -2.14. The number of anilines is 1. The second-order valence-corrected chi connectivity index (χ2v) is 12.8. The second-order valence-electron chi connectivity index (χ2n) is 8.92. The minimum atomic E-state index is -2.14. The summed E-state index contributed by atoms with van der Waals surface area (Å²) in [6.07, 6.45) is 10.1. The third kappa shape index (κ3) is 2.95. The highest BCUT2D eigenvalue weighted by molar-refractivity contribution is 7.02. The Labute approximate surface area is 179 Å². The molecule has 154 valence electrons. The summed E-state index contributed by atoms with van der Waals surface area (Å²) in [5.41, 5.74) is 8.44. The van der Waals surface area contributed by atoms with Gasteiger partial charge in [-0.15, -0.1) is 6.58 Å². The Morgan fingerprint density at radius 2 is 2.07 bits per heavy atom. The first-order chi connectivity index (χ1) is 14.5.